The molecule has 7 rings (SSSR count). The van der Waals surface area contributed by atoms with Crippen LogP contribution in [-0.4, -0.2) is 40.4 Å². The van der Waals surface area contributed by atoms with E-state index >= 15 is 0 Å². The Bertz CT molecular complexity index is 1090. The van der Waals surface area contributed by atoms with Crippen molar-refractivity contribution in [1.82, 2.24) is 4.90 Å². The molecule has 2 saturated heterocycles. The number of rotatable bonds is 2. The van der Waals surface area contributed by atoms with Crippen molar-refractivity contribution < 1.29 is 9.84 Å². The second-order valence-electron chi connectivity index (χ2n) is 14.0. The van der Waals surface area contributed by atoms with Crippen molar-refractivity contribution in [3.05, 3.63) is 58.7 Å². The third-order valence-electron chi connectivity index (χ3n) is 12.3. The van der Waals surface area contributed by atoms with E-state index in [-0.39, 0.29) is 11.7 Å². The van der Waals surface area contributed by atoms with Gasteiger partial charge in [-0.1, -0.05) is 80.8 Å². The summed E-state index contributed by atoms with van der Waals surface area (Å²) in [6.45, 7) is 13.8. The number of hydrogen-bond acceptors (Lipinski definition) is 3. The Morgan fingerprint density at radius 3 is 2.64 bits per heavy atom. The summed E-state index contributed by atoms with van der Waals surface area (Å²) in [6, 6.07) is 11.6. The largest absolute Gasteiger partial charge is 0.389 e. The molecule has 1 aromatic rings. The fourth-order valence-electron chi connectivity index (χ4n) is 10.4. The van der Waals surface area contributed by atoms with Gasteiger partial charge in [0.25, 0.3) is 0 Å². The van der Waals surface area contributed by atoms with Crippen molar-refractivity contribution in [1.29, 1.82) is 0 Å². The first-order chi connectivity index (χ1) is 18.9. The second-order valence-corrected chi connectivity index (χ2v) is 14.0. The van der Waals surface area contributed by atoms with Crippen LogP contribution in [0.5, 0.6) is 0 Å². The van der Waals surface area contributed by atoms with Gasteiger partial charge in [-0.2, -0.15) is 0 Å². The predicted octanol–water partition coefficient (Wildman–Crippen LogP) is 8.08. The first-order valence-electron chi connectivity index (χ1n) is 16.4. The molecule has 1 spiro atoms. The zero-order chi connectivity index (χ0) is 27.4. The third-order valence-corrected chi connectivity index (χ3v) is 12.3. The van der Waals surface area contributed by atoms with Gasteiger partial charge in [-0.05, 0) is 106 Å². The highest BCUT2D eigenvalue weighted by Crippen LogP contribution is 2.64. The van der Waals surface area contributed by atoms with Gasteiger partial charge in [-0.3, -0.25) is 4.90 Å². The summed E-state index contributed by atoms with van der Waals surface area (Å²) >= 11 is 0. The monoisotopic (exact) mass is 531 g/mol. The summed E-state index contributed by atoms with van der Waals surface area (Å²) in [5, 5.41) is 10.3. The van der Waals surface area contributed by atoms with Gasteiger partial charge < -0.3 is 9.84 Å². The summed E-state index contributed by atoms with van der Waals surface area (Å²) in [4.78, 5) is 2.76. The van der Waals surface area contributed by atoms with Crippen molar-refractivity contribution in [3.8, 4) is 0 Å². The molecule has 2 heterocycles. The molecule has 4 fully saturated rings. The van der Waals surface area contributed by atoms with Gasteiger partial charge in [0.15, 0.2) is 0 Å². The minimum Gasteiger partial charge on any atom is -0.389 e. The number of allylic oxidation sites excluding steroid dienone is 2. The van der Waals surface area contributed by atoms with Crippen LogP contribution in [0.1, 0.15) is 104 Å². The molecule has 0 aromatic heterocycles. The molecule has 1 aromatic carbocycles. The highest BCUT2D eigenvalue weighted by molar-refractivity contribution is 5.33. The van der Waals surface area contributed by atoms with Gasteiger partial charge in [0.05, 0.1) is 17.8 Å². The molecule has 4 aliphatic carbocycles. The summed E-state index contributed by atoms with van der Waals surface area (Å²) in [7, 11) is 0. The molecule has 1 N–H and O–H groups in total. The van der Waals surface area contributed by atoms with Gasteiger partial charge in [0.2, 0.25) is 0 Å². The molecule has 214 valence electrons. The molecule has 39 heavy (non-hydrogen) atoms. The van der Waals surface area contributed by atoms with E-state index in [0.717, 1.165) is 37.1 Å². The van der Waals surface area contributed by atoms with Crippen molar-refractivity contribution in [2.75, 3.05) is 6.54 Å². The molecule has 9 atom stereocenters. The quantitative estimate of drug-likeness (QED) is 0.392. The van der Waals surface area contributed by atoms with Crippen LogP contribution in [0.15, 0.2) is 53.1 Å². The van der Waals surface area contributed by atoms with Gasteiger partial charge in [0, 0.05) is 18.5 Å². The van der Waals surface area contributed by atoms with Crippen LogP contribution in [-0.2, 0) is 11.3 Å². The first-order valence-corrected chi connectivity index (χ1v) is 16.4. The van der Waals surface area contributed by atoms with Crippen LogP contribution in [0.3, 0.4) is 0 Å². The van der Waals surface area contributed by atoms with Crippen LogP contribution in [0.2, 0.25) is 0 Å². The summed E-state index contributed by atoms with van der Waals surface area (Å²) in [5.74, 6) is 2.93. The maximum Gasteiger partial charge on any atom is 0.0765 e. The Labute approximate surface area is 238 Å². The number of aliphatic hydroxyl groups is 1. The average molecular weight is 532 g/mol. The van der Waals surface area contributed by atoms with E-state index in [4.69, 9.17) is 4.74 Å². The summed E-state index contributed by atoms with van der Waals surface area (Å²) in [6.07, 6.45) is 14.5. The maximum absolute atomic E-state index is 10.3. The smallest absolute Gasteiger partial charge is 0.0765 e. The van der Waals surface area contributed by atoms with Crippen LogP contribution in [0.4, 0.5) is 0 Å². The van der Waals surface area contributed by atoms with Crippen LogP contribution in [0.25, 0.3) is 0 Å². The SMILES string of the molecule is CC.CC1=C2CC3C(CCC4=CC(O)CCC43C)C2CCC2(C1)OC1CCCN(Cc3ccccc3)C1C2C. The Hall–Kier alpha value is -1.42. The molecule has 9 unspecified atom stereocenters. The van der Waals surface area contributed by atoms with Crippen molar-refractivity contribution in [3.63, 3.8) is 0 Å². The number of hydrogen-bond donors (Lipinski definition) is 1. The van der Waals surface area contributed by atoms with Gasteiger partial charge in [-0.25, -0.2) is 0 Å². The van der Waals surface area contributed by atoms with E-state index in [1.165, 1.54) is 63.5 Å². The number of piperidine rings is 1. The molecule has 3 nitrogen and oxygen atoms in total. The Balaban J connectivity index is 0.00000135. The molecular weight excluding hydrogens is 478 g/mol. The fraction of sp³-hybridized carbons (Fsp3) is 0.722. The lowest BCUT2D eigenvalue weighted by Gasteiger charge is -2.49. The van der Waals surface area contributed by atoms with Crippen molar-refractivity contribution in [2.45, 2.75) is 129 Å². The first kappa shape index (κ1) is 27.7. The van der Waals surface area contributed by atoms with E-state index in [2.05, 4.69) is 62.1 Å². The van der Waals surface area contributed by atoms with Crippen LogP contribution in [0, 0.1) is 29.1 Å². The predicted molar refractivity (Wildman–Crippen MR) is 160 cm³/mol. The summed E-state index contributed by atoms with van der Waals surface area (Å²) < 4.78 is 7.23. The van der Waals surface area contributed by atoms with Gasteiger partial charge in [-0.15, -0.1) is 0 Å². The molecule has 0 amide bonds. The minimum absolute atomic E-state index is 0.0180. The zero-order valence-electron chi connectivity index (χ0n) is 25.3. The fourth-order valence-corrected chi connectivity index (χ4v) is 10.4. The highest BCUT2D eigenvalue weighted by atomic mass is 16.5. The minimum atomic E-state index is -0.210. The normalized spacial score (nSPS) is 43.4. The number of aliphatic hydroxyl groups excluding tert-OH is 1. The van der Waals surface area contributed by atoms with E-state index in [0.29, 0.717) is 23.5 Å². The van der Waals surface area contributed by atoms with Gasteiger partial charge in [0.1, 0.15) is 0 Å². The average Bonchev–Trinajstić information content (AvgIpc) is 3.41. The number of nitrogens with zero attached hydrogens (tertiary/aromatic N) is 1. The highest BCUT2D eigenvalue weighted by Gasteiger charge is 2.59. The lowest BCUT2D eigenvalue weighted by atomic mass is 9.56. The molecule has 3 heteroatoms. The van der Waals surface area contributed by atoms with Crippen LogP contribution < -0.4 is 0 Å². The van der Waals surface area contributed by atoms with Crippen LogP contribution >= 0.6 is 0 Å². The third kappa shape index (κ3) is 4.59. The zero-order valence-corrected chi connectivity index (χ0v) is 25.3. The lowest BCUT2D eigenvalue weighted by molar-refractivity contribution is -0.0735. The molecule has 0 radical (unpaired) electrons. The standard InChI is InChI=1S/C34H47NO2.C2H6/c1-22-20-34(23(2)32-31(37-34)10-7-17-35(32)21-24-8-5-4-6-9-24)16-14-27-28-12-11-25-18-26(36)13-15-33(25,3)30(28)19-29(22)27;1-2/h4-6,8-9,18,23,26-28,30-32,36H,7,10-17,19-21H2,1-3H3;1-2H3. The number of likely N-dealkylation sites (tertiary alicyclic amines) is 1. The van der Waals surface area contributed by atoms with Gasteiger partial charge >= 0.3 is 0 Å². The maximum atomic E-state index is 10.3. The number of fused-ring (bicyclic) bond motifs is 6. The summed E-state index contributed by atoms with van der Waals surface area (Å²) in [5.41, 5.74) is 6.82. The van der Waals surface area contributed by atoms with Crippen molar-refractivity contribution in [2.24, 2.45) is 29.1 Å². The van der Waals surface area contributed by atoms with E-state index in [1.54, 1.807) is 11.1 Å². The Morgan fingerprint density at radius 2 is 1.85 bits per heavy atom. The molecule has 0 bridgehead atoms. The number of benzene rings is 1. The topological polar surface area (TPSA) is 32.7 Å². The molecular formula is C36H53NO2. The molecule has 2 aliphatic heterocycles. The Morgan fingerprint density at radius 1 is 1.05 bits per heavy atom. The van der Waals surface area contributed by atoms with E-state index in [9.17, 15) is 5.11 Å². The Kier molecular flexibility index (Phi) is 7.66. The van der Waals surface area contributed by atoms with Crippen molar-refractivity contribution >= 4 is 0 Å². The molecule has 6 aliphatic rings. The van der Waals surface area contributed by atoms with E-state index in [1.807, 2.05) is 19.4 Å². The molecule has 2 saturated carbocycles. The second kappa shape index (κ2) is 10.8. The number of ether oxygens (including phenoxy) is 1. The lowest BCUT2D eigenvalue weighted by Crippen LogP contribution is -2.49. The van der Waals surface area contributed by atoms with E-state index < -0.39 is 0 Å².